The number of nitrogens with zero attached hydrogens (tertiary/aromatic N) is 1. The Bertz CT molecular complexity index is 390. The number of benzene rings is 1. The third-order valence-electron chi connectivity index (χ3n) is 4.34. The van der Waals surface area contributed by atoms with E-state index in [1.165, 1.54) is 18.5 Å². The van der Waals surface area contributed by atoms with Crippen LogP contribution < -0.4 is 10.1 Å². The van der Waals surface area contributed by atoms with Crippen molar-refractivity contribution in [2.24, 2.45) is 5.92 Å². The number of likely N-dealkylation sites (tertiary alicyclic amines) is 1. The third-order valence-corrected chi connectivity index (χ3v) is 4.34. The Morgan fingerprint density at radius 3 is 2.58 bits per heavy atom. The highest BCUT2D eigenvalue weighted by atomic mass is 16.5. The molecule has 1 aromatic rings. The summed E-state index contributed by atoms with van der Waals surface area (Å²) in [5.74, 6) is 1.63. The van der Waals surface area contributed by atoms with Gasteiger partial charge in [-0.25, -0.2) is 0 Å². The molecule has 1 N–H and O–H groups in total. The highest BCUT2D eigenvalue weighted by Crippen LogP contribution is 2.21. The topological polar surface area (TPSA) is 24.5 Å². The van der Waals surface area contributed by atoms with E-state index in [0.29, 0.717) is 18.0 Å². The van der Waals surface area contributed by atoms with Crippen molar-refractivity contribution >= 4 is 0 Å². The van der Waals surface area contributed by atoms with Gasteiger partial charge in [-0.2, -0.15) is 0 Å². The Kier molecular flexibility index (Phi) is 4.83. The van der Waals surface area contributed by atoms with E-state index in [9.17, 15) is 0 Å². The molecular formula is C16H26N2O. The molecule has 1 saturated heterocycles. The van der Waals surface area contributed by atoms with Crippen LogP contribution in [0.5, 0.6) is 5.75 Å². The van der Waals surface area contributed by atoms with Crippen LogP contribution >= 0.6 is 0 Å². The van der Waals surface area contributed by atoms with E-state index >= 15 is 0 Å². The molecule has 0 aliphatic carbocycles. The van der Waals surface area contributed by atoms with E-state index in [-0.39, 0.29) is 0 Å². The summed E-state index contributed by atoms with van der Waals surface area (Å²) in [5.41, 5.74) is 1.32. The lowest BCUT2D eigenvalue weighted by atomic mass is 9.90. The second kappa shape index (κ2) is 6.40. The quantitative estimate of drug-likeness (QED) is 0.902. The monoisotopic (exact) mass is 262 g/mol. The summed E-state index contributed by atoms with van der Waals surface area (Å²) < 4.78 is 5.18. The number of piperidine rings is 1. The third kappa shape index (κ3) is 3.71. The normalized spacial score (nSPS) is 28.3. The van der Waals surface area contributed by atoms with E-state index in [1.54, 1.807) is 7.11 Å². The molecule has 19 heavy (non-hydrogen) atoms. The number of nitrogens with one attached hydrogen (secondary N) is 1. The molecule has 2 rings (SSSR count). The minimum absolute atomic E-state index is 0.619. The van der Waals surface area contributed by atoms with E-state index in [1.807, 2.05) is 12.1 Å². The van der Waals surface area contributed by atoms with E-state index in [0.717, 1.165) is 12.3 Å². The van der Waals surface area contributed by atoms with E-state index < -0.39 is 0 Å². The van der Waals surface area contributed by atoms with Crippen molar-refractivity contribution in [3.8, 4) is 5.75 Å². The summed E-state index contributed by atoms with van der Waals surface area (Å²) in [6, 6.07) is 9.61. The first kappa shape index (κ1) is 14.4. The van der Waals surface area contributed by atoms with Gasteiger partial charge in [-0.3, -0.25) is 0 Å². The summed E-state index contributed by atoms with van der Waals surface area (Å²) in [6.45, 7) is 6.78. The lowest BCUT2D eigenvalue weighted by molar-refractivity contribution is 0.121. The maximum absolute atomic E-state index is 5.18. The fourth-order valence-corrected chi connectivity index (χ4v) is 2.82. The van der Waals surface area contributed by atoms with Crippen molar-refractivity contribution in [2.75, 3.05) is 20.7 Å². The van der Waals surface area contributed by atoms with Crippen molar-refractivity contribution in [1.29, 1.82) is 0 Å². The first-order valence-electron chi connectivity index (χ1n) is 7.16. The van der Waals surface area contributed by atoms with Crippen LogP contribution in [-0.2, 0) is 6.54 Å². The molecule has 1 aliphatic heterocycles. The zero-order chi connectivity index (χ0) is 13.8. The Balaban J connectivity index is 1.87. The zero-order valence-corrected chi connectivity index (χ0v) is 12.5. The number of rotatable bonds is 4. The molecule has 0 spiro atoms. The van der Waals surface area contributed by atoms with E-state index in [2.05, 4.69) is 43.2 Å². The van der Waals surface area contributed by atoms with Crippen molar-refractivity contribution in [3.63, 3.8) is 0 Å². The fourth-order valence-electron chi connectivity index (χ4n) is 2.82. The van der Waals surface area contributed by atoms with Crippen LogP contribution in [0.15, 0.2) is 24.3 Å². The number of methoxy groups -OCH3 is 1. The van der Waals surface area contributed by atoms with Crippen LogP contribution in [-0.4, -0.2) is 37.7 Å². The van der Waals surface area contributed by atoms with Gasteiger partial charge in [0.2, 0.25) is 0 Å². The molecule has 3 nitrogen and oxygen atoms in total. The van der Waals surface area contributed by atoms with Crippen molar-refractivity contribution in [1.82, 2.24) is 10.2 Å². The van der Waals surface area contributed by atoms with Crippen LogP contribution in [0.3, 0.4) is 0 Å². The summed E-state index contributed by atoms with van der Waals surface area (Å²) in [5, 5.41) is 3.71. The smallest absolute Gasteiger partial charge is 0.118 e. The Morgan fingerprint density at radius 2 is 1.95 bits per heavy atom. The first-order valence-corrected chi connectivity index (χ1v) is 7.16. The Labute approximate surface area is 116 Å². The predicted molar refractivity (Wildman–Crippen MR) is 79.5 cm³/mol. The number of ether oxygens (including phenoxy) is 1. The summed E-state index contributed by atoms with van der Waals surface area (Å²) >= 11 is 0. The van der Waals surface area contributed by atoms with Gasteiger partial charge in [0.25, 0.3) is 0 Å². The number of hydrogen-bond donors (Lipinski definition) is 1. The van der Waals surface area contributed by atoms with Gasteiger partial charge in [0.1, 0.15) is 5.75 Å². The molecule has 106 valence electrons. The maximum Gasteiger partial charge on any atom is 0.118 e. The predicted octanol–water partition coefficient (Wildman–Crippen LogP) is 2.51. The molecule has 1 aliphatic rings. The molecule has 0 aromatic heterocycles. The zero-order valence-electron chi connectivity index (χ0n) is 12.5. The fraction of sp³-hybridized carbons (Fsp3) is 0.625. The number of hydrogen-bond acceptors (Lipinski definition) is 3. The van der Waals surface area contributed by atoms with Gasteiger partial charge in [-0.05, 0) is 44.0 Å². The minimum Gasteiger partial charge on any atom is -0.497 e. The lowest BCUT2D eigenvalue weighted by Crippen LogP contribution is -2.50. The average molecular weight is 262 g/mol. The van der Waals surface area contributed by atoms with Crippen molar-refractivity contribution in [2.45, 2.75) is 38.9 Å². The highest BCUT2D eigenvalue weighted by molar-refractivity contribution is 5.27. The van der Waals surface area contributed by atoms with Crippen molar-refractivity contribution < 1.29 is 4.74 Å². The van der Waals surface area contributed by atoms with Gasteiger partial charge >= 0.3 is 0 Å². The second-order valence-electron chi connectivity index (χ2n) is 5.84. The van der Waals surface area contributed by atoms with Crippen LogP contribution in [0.4, 0.5) is 0 Å². The lowest BCUT2D eigenvalue weighted by Gasteiger charge is -2.40. The van der Waals surface area contributed by atoms with Gasteiger partial charge in [-0.1, -0.05) is 19.1 Å². The minimum atomic E-state index is 0.619. The summed E-state index contributed by atoms with van der Waals surface area (Å²) in [7, 11) is 3.93. The van der Waals surface area contributed by atoms with Crippen LogP contribution in [0.2, 0.25) is 0 Å². The highest BCUT2D eigenvalue weighted by Gasteiger charge is 2.28. The molecule has 3 heteroatoms. The molecule has 0 radical (unpaired) electrons. The molecule has 0 bridgehead atoms. The molecule has 0 saturated carbocycles. The maximum atomic E-state index is 5.18. The average Bonchev–Trinajstić information content (AvgIpc) is 2.42. The van der Waals surface area contributed by atoms with Crippen LogP contribution in [0.25, 0.3) is 0 Å². The van der Waals surface area contributed by atoms with Crippen molar-refractivity contribution in [3.05, 3.63) is 29.8 Å². The second-order valence-corrected chi connectivity index (χ2v) is 5.84. The largest absolute Gasteiger partial charge is 0.497 e. The van der Waals surface area contributed by atoms with E-state index in [4.69, 9.17) is 4.74 Å². The van der Waals surface area contributed by atoms with Gasteiger partial charge in [0.15, 0.2) is 0 Å². The van der Waals surface area contributed by atoms with Gasteiger partial charge in [-0.15, -0.1) is 0 Å². The molecular weight excluding hydrogens is 236 g/mol. The van der Waals surface area contributed by atoms with Gasteiger partial charge in [0.05, 0.1) is 7.11 Å². The summed E-state index contributed by atoms with van der Waals surface area (Å²) in [6.07, 6.45) is 1.23. The summed E-state index contributed by atoms with van der Waals surface area (Å²) in [4.78, 5) is 2.45. The van der Waals surface area contributed by atoms with Crippen LogP contribution in [0, 0.1) is 5.92 Å². The standard InChI is InChI=1S/C16H26N2O/c1-12-11-18(3)13(2)9-16(12)17-10-14-5-7-15(19-4)8-6-14/h5-8,12-13,16-17H,9-11H2,1-4H3/t12-,13-,16-/m0/s1. The van der Waals surface area contributed by atoms with Gasteiger partial charge < -0.3 is 15.0 Å². The molecule has 1 fully saturated rings. The molecule has 1 heterocycles. The van der Waals surface area contributed by atoms with Crippen LogP contribution in [0.1, 0.15) is 25.8 Å². The SMILES string of the molecule is COc1ccc(CN[C@H]2C[C@H](C)N(C)C[C@@H]2C)cc1. The molecule has 0 amide bonds. The Morgan fingerprint density at radius 1 is 1.26 bits per heavy atom. The molecule has 1 aromatic carbocycles. The molecule has 0 unspecified atom stereocenters. The Hall–Kier alpha value is -1.06. The molecule has 3 atom stereocenters. The first-order chi connectivity index (χ1) is 9.10. The van der Waals surface area contributed by atoms with Gasteiger partial charge in [0, 0.05) is 25.2 Å².